The lowest BCUT2D eigenvalue weighted by atomic mass is 10.1. The number of fused-ring (bicyclic) bond motifs is 1. The monoisotopic (exact) mass is 390 g/mol. The second-order valence-corrected chi connectivity index (χ2v) is 7.16. The van der Waals surface area contributed by atoms with Crippen molar-refractivity contribution < 1.29 is 9.59 Å². The quantitative estimate of drug-likeness (QED) is 0.714. The lowest BCUT2D eigenvalue weighted by Crippen LogP contribution is -2.29. The lowest BCUT2D eigenvalue weighted by Gasteiger charge is -2.17. The smallest absolute Gasteiger partial charge is 0.258 e. The number of benzene rings is 3. The highest BCUT2D eigenvalue weighted by Crippen LogP contribution is 2.28. The zero-order chi connectivity index (χ0) is 19.5. The number of carbonyl (C=O) groups is 2. The van der Waals surface area contributed by atoms with Crippen LogP contribution in [0.3, 0.4) is 0 Å². The molecule has 28 heavy (non-hydrogen) atoms. The maximum atomic E-state index is 12.8. The van der Waals surface area contributed by atoms with Gasteiger partial charge in [-0.15, -0.1) is 0 Å². The molecule has 0 aliphatic carbocycles. The van der Waals surface area contributed by atoms with Crippen molar-refractivity contribution in [3.05, 3.63) is 100 Å². The average molecular weight is 391 g/mol. The molecular weight excluding hydrogens is 372 g/mol. The summed E-state index contributed by atoms with van der Waals surface area (Å²) in [6.45, 7) is 1.10. The number of hydrogen-bond acceptors (Lipinski definition) is 2. The van der Waals surface area contributed by atoms with E-state index >= 15 is 0 Å². The molecule has 0 saturated carbocycles. The summed E-state index contributed by atoms with van der Waals surface area (Å²) in [6.07, 6.45) is 0.868. The first-order chi connectivity index (χ1) is 13.6. The number of hydrogen-bond donors (Lipinski definition) is 1. The van der Waals surface area contributed by atoms with Crippen LogP contribution in [0.5, 0.6) is 0 Å². The maximum Gasteiger partial charge on any atom is 0.258 e. The zero-order valence-corrected chi connectivity index (χ0v) is 15.9. The molecule has 4 rings (SSSR count). The van der Waals surface area contributed by atoms with E-state index in [9.17, 15) is 9.59 Å². The fourth-order valence-corrected chi connectivity index (χ4v) is 3.48. The van der Waals surface area contributed by atoms with Gasteiger partial charge in [-0.1, -0.05) is 41.9 Å². The fraction of sp³-hybridized carbons (Fsp3) is 0.130. The molecule has 2 amide bonds. The molecule has 4 nitrogen and oxygen atoms in total. The minimum Gasteiger partial charge on any atom is -0.348 e. The number of nitrogens with one attached hydrogen (secondary N) is 1. The Morgan fingerprint density at radius 2 is 1.57 bits per heavy atom. The van der Waals surface area contributed by atoms with E-state index in [1.807, 2.05) is 30.3 Å². The fourth-order valence-electron chi connectivity index (χ4n) is 3.36. The van der Waals surface area contributed by atoms with Crippen molar-refractivity contribution in [3.63, 3.8) is 0 Å². The Morgan fingerprint density at radius 3 is 2.32 bits per heavy atom. The highest BCUT2D eigenvalue weighted by atomic mass is 35.5. The third kappa shape index (κ3) is 3.78. The van der Waals surface area contributed by atoms with E-state index in [2.05, 4.69) is 11.4 Å². The molecule has 3 aromatic rings. The van der Waals surface area contributed by atoms with Crippen molar-refractivity contribution in [2.24, 2.45) is 0 Å². The van der Waals surface area contributed by atoms with Gasteiger partial charge in [0.15, 0.2) is 0 Å². The molecule has 0 bridgehead atoms. The summed E-state index contributed by atoms with van der Waals surface area (Å²) in [7, 11) is 0. The molecule has 1 N–H and O–H groups in total. The molecular formula is C23H19ClN2O2. The Bertz CT molecular complexity index is 1010. The van der Waals surface area contributed by atoms with Crippen LogP contribution in [0.4, 0.5) is 5.69 Å². The predicted octanol–water partition coefficient (Wildman–Crippen LogP) is 4.47. The second kappa shape index (κ2) is 7.87. The van der Waals surface area contributed by atoms with Crippen molar-refractivity contribution in [1.82, 2.24) is 5.32 Å². The Hall–Kier alpha value is -3.11. The van der Waals surface area contributed by atoms with E-state index in [4.69, 9.17) is 11.6 Å². The van der Waals surface area contributed by atoms with Crippen LogP contribution in [0.15, 0.2) is 72.8 Å². The van der Waals surface area contributed by atoms with E-state index in [1.165, 1.54) is 5.56 Å². The van der Waals surface area contributed by atoms with Crippen LogP contribution in [0, 0.1) is 0 Å². The molecule has 1 aliphatic heterocycles. The lowest BCUT2D eigenvalue weighted by molar-refractivity contribution is 0.0947. The Balaban J connectivity index is 1.41. The van der Waals surface area contributed by atoms with Gasteiger partial charge in [0, 0.05) is 34.9 Å². The van der Waals surface area contributed by atoms with Gasteiger partial charge in [-0.2, -0.15) is 0 Å². The van der Waals surface area contributed by atoms with Gasteiger partial charge >= 0.3 is 0 Å². The Morgan fingerprint density at radius 1 is 0.893 bits per heavy atom. The van der Waals surface area contributed by atoms with Gasteiger partial charge in [0.25, 0.3) is 11.8 Å². The largest absolute Gasteiger partial charge is 0.348 e. The number of carbonyl (C=O) groups excluding carboxylic acids is 2. The first-order valence-corrected chi connectivity index (χ1v) is 9.52. The molecule has 0 fully saturated rings. The summed E-state index contributed by atoms with van der Waals surface area (Å²) in [6, 6.07) is 22.1. The zero-order valence-electron chi connectivity index (χ0n) is 15.2. The summed E-state index contributed by atoms with van der Waals surface area (Å²) in [5, 5.41) is 3.54. The minimum atomic E-state index is -0.180. The van der Waals surface area contributed by atoms with Gasteiger partial charge < -0.3 is 10.2 Å². The molecule has 0 saturated heterocycles. The van der Waals surface area contributed by atoms with Crippen LogP contribution in [0.25, 0.3) is 0 Å². The van der Waals surface area contributed by atoms with Crippen molar-refractivity contribution in [1.29, 1.82) is 0 Å². The van der Waals surface area contributed by atoms with Crippen molar-refractivity contribution in [3.8, 4) is 0 Å². The van der Waals surface area contributed by atoms with E-state index < -0.39 is 0 Å². The second-order valence-electron chi connectivity index (χ2n) is 6.72. The topological polar surface area (TPSA) is 49.4 Å². The summed E-state index contributed by atoms with van der Waals surface area (Å²) in [5.41, 5.74) is 4.22. The third-order valence-electron chi connectivity index (χ3n) is 4.89. The highest BCUT2D eigenvalue weighted by Gasteiger charge is 2.25. The number of para-hydroxylation sites is 1. The first kappa shape index (κ1) is 18.3. The summed E-state index contributed by atoms with van der Waals surface area (Å²) in [5.74, 6) is -0.224. The van der Waals surface area contributed by atoms with Crippen molar-refractivity contribution in [2.45, 2.75) is 13.0 Å². The van der Waals surface area contributed by atoms with Crippen LogP contribution < -0.4 is 10.2 Å². The summed E-state index contributed by atoms with van der Waals surface area (Å²) in [4.78, 5) is 27.0. The van der Waals surface area contributed by atoms with Crippen LogP contribution in [0.2, 0.25) is 5.02 Å². The van der Waals surface area contributed by atoms with Gasteiger partial charge in [0.1, 0.15) is 0 Å². The molecule has 0 atom stereocenters. The van der Waals surface area contributed by atoms with E-state index in [1.54, 1.807) is 41.3 Å². The molecule has 1 aliphatic rings. The number of rotatable bonds is 4. The van der Waals surface area contributed by atoms with Gasteiger partial charge in [-0.05, 0) is 60.0 Å². The first-order valence-electron chi connectivity index (χ1n) is 9.14. The average Bonchev–Trinajstić information content (AvgIpc) is 3.17. The standard InChI is InChI=1S/C23H19ClN2O2/c24-20-11-5-16(6-12-20)15-25-22(27)18-7-9-19(10-8-18)23(28)26-14-13-17-3-1-2-4-21(17)26/h1-12H,13-15H2,(H,25,27). The number of amides is 2. The van der Waals surface area contributed by atoms with Crippen LogP contribution in [-0.4, -0.2) is 18.4 Å². The Labute approximate surface area is 168 Å². The third-order valence-corrected chi connectivity index (χ3v) is 5.14. The van der Waals surface area contributed by atoms with E-state index in [-0.39, 0.29) is 11.8 Å². The molecule has 0 unspecified atom stereocenters. The highest BCUT2D eigenvalue weighted by molar-refractivity contribution is 6.30. The maximum absolute atomic E-state index is 12.8. The van der Waals surface area contributed by atoms with E-state index in [0.29, 0.717) is 29.2 Å². The van der Waals surface area contributed by atoms with Crippen LogP contribution in [0.1, 0.15) is 31.8 Å². The normalized spacial score (nSPS) is 12.5. The molecule has 140 valence electrons. The van der Waals surface area contributed by atoms with Crippen molar-refractivity contribution >= 4 is 29.1 Å². The molecule has 0 radical (unpaired) electrons. The van der Waals surface area contributed by atoms with Gasteiger partial charge in [-0.25, -0.2) is 0 Å². The number of nitrogens with zero attached hydrogens (tertiary/aromatic N) is 1. The van der Waals surface area contributed by atoms with E-state index in [0.717, 1.165) is 17.7 Å². The molecule has 0 aromatic heterocycles. The summed E-state index contributed by atoms with van der Waals surface area (Å²) < 4.78 is 0. The van der Waals surface area contributed by atoms with Gasteiger partial charge in [0.2, 0.25) is 0 Å². The van der Waals surface area contributed by atoms with Gasteiger partial charge in [-0.3, -0.25) is 9.59 Å². The molecule has 1 heterocycles. The minimum absolute atomic E-state index is 0.0435. The van der Waals surface area contributed by atoms with Crippen molar-refractivity contribution in [2.75, 3.05) is 11.4 Å². The molecule has 3 aromatic carbocycles. The predicted molar refractivity (Wildman–Crippen MR) is 111 cm³/mol. The molecule has 5 heteroatoms. The number of halogens is 1. The van der Waals surface area contributed by atoms with Crippen LogP contribution in [-0.2, 0) is 13.0 Å². The van der Waals surface area contributed by atoms with Crippen LogP contribution >= 0.6 is 11.6 Å². The molecule has 0 spiro atoms. The van der Waals surface area contributed by atoms with Gasteiger partial charge in [0.05, 0.1) is 0 Å². The number of anilines is 1. The summed E-state index contributed by atoms with van der Waals surface area (Å²) >= 11 is 5.87. The Kier molecular flexibility index (Phi) is 5.13. The SMILES string of the molecule is O=C(NCc1ccc(Cl)cc1)c1ccc(C(=O)N2CCc3ccccc32)cc1.